The number of hydrogen-bond donors (Lipinski definition) is 2. The van der Waals surface area contributed by atoms with Crippen molar-refractivity contribution < 1.29 is 10.2 Å². The summed E-state index contributed by atoms with van der Waals surface area (Å²) in [5.74, 6) is 1.38. The topological polar surface area (TPSA) is 65.2 Å². The standard InChI is InChI=1S/C34H50N2O2/c1-21(2)23-15-25(31(37)27(17-23)33(5,6)7)19-35-29-13-11-12-14-30(29)36-20-26-16-24(22(3)4)18-28(32(26)38)34(8,9)10/h15-22,29-30,37-38H,11-14H2,1-10H3. The first-order chi connectivity index (χ1) is 17.6. The van der Waals surface area contributed by atoms with Crippen molar-refractivity contribution in [1.82, 2.24) is 0 Å². The van der Waals surface area contributed by atoms with E-state index in [1.54, 1.807) is 0 Å². The first-order valence-electron chi connectivity index (χ1n) is 14.4. The van der Waals surface area contributed by atoms with E-state index in [2.05, 4.69) is 93.5 Å². The fourth-order valence-corrected chi connectivity index (χ4v) is 5.16. The molecule has 2 N–H and O–H groups in total. The van der Waals surface area contributed by atoms with Crippen LogP contribution >= 0.6 is 0 Å². The van der Waals surface area contributed by atoms with Gasteiger partial charge in [0.1, 0.15) is 11.5 Å². The zero-order chi connectivity index (χ0) is 28.4. The van der Waals surface area contributed by atoms with Crippen LogP contribution in [0.1, 0.15) is 140 Å². The van der Waals surface area contributed by atoms with Gasteiger partial charge in [0.25, 0.3) is 0 Å². The number of aliphatic imine (C=N–C) groups is 2. The Morgan fingerprint density at radius 1 is 0.658 bits per heavy atom. The maximum atomic E-state index is 11.1. The lowest BCUT2D eigenvalue weighted by Crippen LogP contribution is -2.27. The van der Waals surface area contributed by atoms with Gasteiger partial charge in [0.15, 0.2) is 0 Å². The third-order valence-corrected chi connectivity index (χ3v) is 7.78. The molecule has 0 heterocycles. The van der Waals surface area contributed by atoms with Crippen LogP contribution in [0.4, 0.5) is 0 Å². The highest BCUT2D eigenvalue weighted by molar-refractivity contribution is 5.86. The van der Waals surface area contributed by atoms with Crippen molar-refractivity contribution in [2.24, 2.45) is 9.98 Å². The second-order valence-corrected chi connectivity index (χ2v) is 13.8. The molecule has 2 aromatic rings. The van der Waals surface area contributed by atoms with Crippen LogP contribution in [0, 0.1) is 0 Å². The average Bonchev–Trinajstić information content (AvgIpc) is 2.81. The van der Waals surface area contributed by atoms with E-state index in [0.717, 1.165) is 47.9 Å². The molecule has 1 fully saturated rings. The van der Waals surface area contributed by atoms with E-state index in [0.29, 0.717) is 23.3 Å². The molecule has 0 saturated heterocycles. The number of phenols is 2. The van der Waals surface area contributed by atoms with Gasteiger partial charge in [-0.25, -0.2) is 0 Å². The largest absolute Gasteiger partial charge is 0.507 e. The van der Waals surface area contributed by atoms with E-state index in [1.807, 2.05) is 12.4 Å². The van der Waals surface area contributed by atoms with Gasteiger partial charge in [0.05, 0.1) is 12.1 Å². The molecule has 1 saturated carbocycles. The number of aromatic hydroxyl groups is 2. The fourth-order valence-electron chi connectivity index (χ4n) is 5.16. The van der Waals surface area contributed by atoms with E-state index in [-0.39, 0.29) is 22.9 Å². The minimum Gasteiger partial charge on any atom is -0.507 e. The van der Waals surface area contributed by atoms with Gasteiger partial charge in [0.2, 0.25) is 0 Å². The fraction of sp³-hybridized carbons (Fsp3) is 0.588. The van der Waals surface area contributed by atoms with Gasteiger partial charge in [-0.05, 0) is 58.8 Å². The smallest absolute Gasteiger partial charge is 0.128 e. The summed E-state index contributed by atoms with van der Waals surface area (Å²) in [5, 5.41) is 22.2. The van der Waals surface area contributed by atoms with Gasteiger partial charge in [-0.3, -0.25) is 9.98 Å². The molecule has 0 aromatic heterocycles. The van der Waals surface area contributed by atoms with Gasteiger partial charge in [0, 0.05) is 34.7 Å². The zero-order valence-corrected chi connectivity index (χ0v) is 25.4. The molecule has 0 amide bonds. The minimum atomic E-state index is -0.159. The average molecular weight is 519 g/mol. The molecule has 2 atom stereocenters. The van der Waals surface area contributed by atoms with Crippen molar-refractivity contribution in [1.29, 1.82) is 0 Å². The highest BCUT2D eigenvalue weighted by Gasteiger charge is 2.26. The Hall–Kier alpha value is -2.62. The second kappa shape index (κ2) is 11.6. The van der Waals surface area contributed by atoms with Crippen LogP contribution in [0.2, 0.25) is 0 Å². The van der Waals surface area contributed by atoms with Crippen molar-refractivity contribution in [2.45, 2.75) is 130 Å². The molecule has 208 valence electrons. The summed E-state index contributed by atoms with van der Waals surface area (Å²) in [5.41, 5.74) is 5.58. The van der Waals surface area contributed by atoms with Crippen molar-refractivity contribution in [3.8, 4) is 11.5 Å². The monoisotopic (exact) mass is 518 g/mol. The Morgan fingerprint density at radius 3 is 1.29 bits per heavy atom. The minimum absolute atomic E-state index is 0.0534. The van der Waals surface area contributed by atoms with Crippen molar-refractivity contribution in [3.05, 3.63) is 57.6 Å². The van der Waals surface area contributed by atoms with Crippen molar-refractivity contribution in [2.75, 3.05) is 0 Å². The SMILES string of the molecule is CC(C)c1cc(C=NC2CCCCC2N=Cc2cc(C(C)C)cc(C(C)(C)C)c2O)c(O)c(C(C)(C)C)c1. The molecular formula is C34H50N2O2. The third kappa shape index (κ3) is 7.07. The highest BCUT2D eigenvalue weighted by atomic mass is 16.3. The van der Waals surface area contributed by atoms with E-state index in [4.69, 9.17) is 9.98 Å². The molecular weight excluding hydrogens is 468 g/mol. The van der Waals surface area contributed by atoms with Gasteiger partial charge in [-0.1, -0.05) is 94.2 Å². The predicted octanol–water partition coefficient (Wildman–Crippen LogP) is 8.79. The first kappa shape index (κ1) is 29.9. The molecule has 0 bridgehead atoms. The number of nitrogens with zero attached hydrogens (tertiary/aromatic N) is 2. The Kier molecular flexibility index (Phi) is 9.16. The van der Waals surface area contributed by atoms with Crippen LogP contribution in [-0.2, 0) is 10.8 Å². The van der Waals surface area contributed by atoms with E-state index in [1.165, 1.54) is 11.1 Å². The van der Waals surface area contributed by atoms with Gasteiger partial charge < -0.3 is 10.2 Å². The summed E-state index contributed by atoms with van der Waals surface area (Å²) in [6.45, 7) is 21.5. The van der Waals surface area contributed by atoms with Gasteiger partial charge >= 0.3 is 0 Å². The van der Waals surface area contributed by atoms with Crippen molar-refractivity contribution in [3.63, 3.8) is 0 Å². The maximum absolute atomic E-state index is 11.1. The second-order valence-electron chi connectivity index (χ2n) is 13.8. The summed E-state index contributed by atoms with van der Waals surface area (Å²) in [4.78, 5) is 9.99. The predicted molar refractivity (Wildman–Crippen MR) is 163 cm³/mol. The summed E-state index contributed by atoms with van der Waals surface area (Å²) in [7, 11) is 0. The molecule has 4 nitrogen and oxygen atoms in total. The number of benzene rings is 2. The molecule has 4 heteroatoms. The molecule has 2 aromatic carbocycles. The molecule has 0 spiro atoms. The molecule has 2 unspecified atom stereocenters. The van der Waals surface area contributed by atoms with Crippen LogP contribution in [0.15, 0.2) is 34.3 Å². The molecule has 38 heavy (non-hydrogen) atoms. The van der Waals surface area contributed by atoms with Crippen molar-refractivity contribution >= 4 is 12.4 Å². The lowest BCUT2D eigenvalue weighted by Gasteiger charge is -2.27. The summed E-state index contributed by atoms with van der Waals surface area (Å²) >= 11 is 0. The maximum Gasteiger partial charge on any atom is 0.128 e. The van der Waals surface area contributed by atoms with E-state index in [9.17, 15) is 10.2 Å². The quantitative estimate of drug-likeness (QED) is 0.375. The van der Waals surface area contributed by atoms with Crippen LogP contribution in [-0.4, -0.2) is 34.7 Å². The van der Waals surface area contributed by atoms with Gasteiger partial charge in [-0.15, -0.1) is 0 Å². The van der Waals surface area contributed by atoms with Crippen LogP contribution < -0.4 is 0 Å². The Labute approximate surface area is 231 Å². The van der Waals surface area contributed by atoms with Crippen LogP contribution in [0.25, 0.3) is 0 Å². The molecule has 1 aliphatic carbocycles. The normalized spacial score (nSPS) is 19.4. The number of hydrogen-bond acceptors (Lipinski definition) is 4. The molecule has 3 rings (SSSR count). The Balaban J connectivity index is 1.95. The summed E-state index contributed by atoms with van der Waals surface area (Å²) in [6, 6.07) is 8.52. The van der Waals surface area contributed by atoms with Crippen LogP contribution in [0.3, 0.4) is 0 Å². The molecule has 0 radical (unpaired) electrons. The van der Waals surface area contributed by atoms with Gasteiger partial charge in [-0.2, -0.15) is 0 Å². The lowest BCUT2D eigenvalue weighted by atomic mass is 9.82. The number of phenolic OH excluding ortho intramolecular Hbond substituents is 2. The zero-order valence-electron chi connectivity index (χ0n) is 25.4. The Morgan fingerprint density at radius 2 is 1.00 bits per heavy atom. The first-order valence-corrected chi connectivity index (χ1v) is 14.4. The number of rotatable bonds is 6. The Bertz CT molecular complexity index is 1080. The molecule has 1 aliphatic rings. The lowest BCUT2D eigenvalue weighted by molar-refractivity contribution is 0.390. The van der Waals surface area contributed by atoms with E-state index >= 15 is 0 Å². The molecule has 0 aliphatic heterocycles. The highest BCUT2D eigenvalue weighted by Crippen LogP contribution is 2.37. The van der Waals surface area contributed by atoms with Crippen LogP contribution in [0.5, 0.6) is 11.5 Å². The van der Waals surface area contributed by atoms with E-state index < -0.39 is 0 Å². The summed E-state index contributed by atoms with van der Waals surface area (Å²) in [6.07, 6.45) is 7.93. The third-order valence-electron chi connectivity index (χ3n) is 7.78. The summed E-state index contributed by atoms with van der Waals surface area (Å²) < 4.78 is 0.